The number of allylic oxidation sites excluding steroid dienone is 3. The zero-order valence-electron chi connectivity index (χ0n) is 13.9. The van der Waals surface area contributed by atoms with Crippen LogP contribution in [0.4, 0.5) is 5.69 Å². The van der Waals surface area contributed by atoms with Crippen molar-refractivity contribution in [3.63, 3.8) is 0 Å². The van der Waals surface area contributed by atoms with E-state index < -0.39 is 10.0 Å². The highest BCUT2D eigenvalue weighted by molar-refractivity contribution is 7.96. The molecular weight excluding hydrogens is 348 g/mol. The molecule has 1 aliphatic rings. The number of rotatable bonds is 6. The van der Waals surface area contributed by atoms with Gasteiger partial charge in [-0.05, 0) is 51.9 Å². The van der Waals surface area contributed by atoms with Crippen molar-refractivity contribution in [1.82, 2.24) is 5.32 Å². The second-order valence-corrected chi connectivity index (χ2v) is 7.83. The second-order valence-electron chi connectivity index (χ2n) is 5.71. The molecule has 0 saturated heterocycles. The third kappa shape index (κ3) is 4.06. The Morgan fingerprint density at radius 3 is 2.50 bits per heavy atom. The maximum atomic E-state index is 12.6. The Morgan fingerprint density at radius 2 is 1.96 bits per heavy atom. The van der Waals surface area contributed by atoms with E-state index in [1.807, 2.05) is 20.0 Å². The first-order valence-corrected chi connectivity index (χ1v) is 9.51. The first kappa shape index (κ1) is 18.7. The minimum Gasteiger partial charge on any atom is -0.314 e. The molecule has 2 N–H and O–H groups in total. The Morgan fingerprint density at radius 1 is 1.25 bits per heavy atom. The summed E-state index contributed by atoms with van der Waals surface area (Å²) in [6.07, 6.45) is 4.57. The fourth-order valence-electron chi connectivity index (χ4n) is 2.50. The minimum absolute atomic E-state index is 0.116. The lowest BCUT2D eigenvalue weighted by Gasteiger charge is -2.20. The SMILES string of the molecule is CNC(C)C1=CC=C(S(=O)(=O)Nc2cccc(C(C)=O)c2Cl)CC1. The van der Waals surface area contributed by atoms with Gasteiger partial charge in [0, 0.05) is 11.6 Å². The molecule has 0 radical (unpaired) electrons. The monoisotopic (exact) mass is 368 g/mol. The van der Waals surface area contributed by atoms with Crippen LogP contribution in [0.3, 0.4) is 0 Å². The molecule has 1 unspecified atom stereocenters. The predicted octanol–water partition coefficient (Wildman–Crippen LogP) is 3.50. The normalized spacial score (nSPS) is 16.2. The summed E-state index contributed by atoms with van der Waals surface area (Å²) in [6.45, 7) is 3.42. The Hall–Kier alpha value is -1.63. The van der Waals surface area contributed by atoms with E-state index in [0.29, 0.717) is 23.3 Å². The Labute approximate surface area is 147 Å². The maximum Gasteiger partial charge on any atom is 0.258 e. The lowest BCUT2D eigenvalue weighted by molar-refractivity contribution is 0.101. The molecule has 0 aliphatic heterocycles. The molecule has 1 aromatic carbocycles. The van der Waals surface area contributed by atoms with Gasteiger partial charge in [-0.25, -0.2) is 8.42 Å². The smallest absolute Gasteiger partial charge is 0.258 e. The molecule has 7 heteroatoms. The molecule has 2 rings (SSSR count). The molecule has 0 spiro atoms. The molecule has 24 heavy (non-hydrogen) atoms. The highest BCUT2D eigenvalue weighted by atomic mass is 35.5. The second kappa shape index (κ2) is 7.51. The molecule has 130 valence electrons. The third-order valence-electron chi connectivity index (χ3n) is 4.10. The third-order valence-corrected chi connectivity index (χ3v) is 6.03. The van der Waals surface area contributed by atoms with E-state index in [-0.39, 0.29) is 22.5 Å². The highest BCUT2D eigenvalue weighted by Crippen LogP contribution is 2.30. The summed E-state index contributed by atoms with van der Waals surface area (Å²) in [6, 6.07) is 4.92. The van der Waals surface area contributed by atoms with Gasteiger partial charge in [-0.15, -0.1) is 0 Å². The Bertz CT molecular complexity index is 813. The van der Waals surface area contributed by atoms with Crippen molar-refractivity contribution >= 4 is 33.1 Å². The Kier molecular flexibility index (Phi) is 5.85. The van der Waals surface area contributed by atoms with Crippen molar-refractivity contribution in [2.45, 2.75) is 32.7 Å². The van der Waals surface area contributed by atoms with Gasteiger partial charge in [-0.1, -0.05) is 29.3 Å². The van der Waals surface area contributed by atoms with Crippen molar-refractivity contribution in [3.8, 4) is 0 Å². The number of ketones is 1. The largest absolute Gasteiger partial charge is 0.314 e. The van der Waals surface area contributed by atoms with E-state index in [1.54, 1.807) is 24.3 Å². The number of Topliss-reactive ketones (excluding diaryl/α,β-unsaturated/α-hetero) is 1. The average molecular weight is 369 g/mol. The van der Waals surface area contributed by atoms with Crippen LogP contribution in [0.25, 0.3) is 0 Å². The fourth-order valence-corrected chi connectivity index (χ4v) is 4.07. The van der Waals surface area contributed by atoms with Gasteiger partial charge in [-0.3, -0.25) is 9.52 Å². The molecular formula is C17H21ClN2O3S. The average Bonchev–Trinajstić information content (AvgIpc) is 2.55. The van der Waals surface area contributed by atoms with E-state index in [4.69, 9.17) is 11.6 Å². The lowest BCUT2D eigenvalue weighted by atomic mass is 9.99. The zero-order chi connectivity index (χ0) is 17.9. The van der Waals surface area contributed by atoms with Crippen LogP contribution >= 0.6 is 11.6 Å². The molecule has 5 nitrogen and oxygen atoms in total. The van der Waals surface area contributed by atoms with Crippen LogP contribution in [0.1, 0.15) is 37.0 Å². The van der Waals surface area contributed by atoms with Crippen molar-refractivity contribution in [2.24, 2.45) is 0 Å². The molecule has 0 heterocycles. The van der Waals surface area contributed by atoms with E-state index >= 15 is 0 Å². The van der Waals surface area contributed by atoms with Gasteiger partial charge in [0.1, 0.15) is 0 Å². The van der Waals surface area contributed by atoms with Crippen LogP contribution < -0.4 is 10.0 Å². The molecule has 0 amide bonds. The molecule has 0 aromatic heterocycles. The summed E-state index contributed by atoms with van der Waals surface area (Å²) in [4.78, 5) is 11.8. The van der Waals surface area contributed by atoms with Crippen LogP contribution in [0.2, 0.25) is 5.02 Å². The maximum absolute atomic E-state index is 12.6. The number of carbonyl (C=O) groups is 1. The summed E-state index contributed by atoms with van der Waals surface area (Å²) >= 11 is 6.14. The van der Waals surface area contributed by atoms with Crippen molar-refractivity contribution in [3.05, 3.63) is 51.4 Å². The first-order chi connectivity index (χ1) is 11.3. The Balaban J connectivity index is 2.28. The summed E-state index contributed by atoms with van der Waals surface area (Å²) in [5.74, 6) is -0.216. The van der Waals surface area contributed by atoms with Crippen LogP contribution in [0, 0.1) is 0 Å². The van der Waals surface area contributed by atoms with Gasteiger partial charge in [-0.2, -0.15) is 0 Å². The number of sulfonamides is 1. The van der Waals surface area contributed by atoms with Crippen molar-refractivity contribution < 1.29 is 13.2 Å². The standard InChI is InChI=1S/C17H21ClN2O3S/c1-11(19-3)13-7-9-14(10-8-13)24(22,23)20-16-6-4-5-15(12(2)21)17(16)18/h4-7,9,11,19-20H,8,10H2,1-3H3. The van der Waals surface area contributed by atoms with E-state index in [0.717, 1.165) is 5.57 Å². The number of hydrogen-bond donors (Lipinski definition) is 2. The van der Waals surface area contributed by atoms with Gasteiger partial charge < -0.3 is 5.32 Å². The zero-order valence-corrected chi connectivity index (χ0v) is 15.5. The van der Waals surface area contributed by atoms with Crippen molar-refractivity contribution in [1.29, 1.82) is 0 Å². The fraction of sp³-hybridized carbons (Fsp3) is 0.353. The van der Waals surface area contributed by atoms with Gasteiger partial charge in [0.25, 0.3) is 10.0 Å². The number of likely N-dealkylation sites (N-methyl/N-ethyl adjacent to an activating group) is 1. The number of hydrogen-bond acceptors (Lipinski definition) is 4. The van der Waals surface area contributed by atoms with Crippen LogP contribution in [-0.2, 0) is 10.0 Å². The number of halogens is 1. The summed E-state index contributed by atoms with van der Waals surface area (Å²) in [5.41, 5.74) is 1.66. The topological polar surface area (TPSA) is 75.3 Å². The lowest BCUT2D eigenvalue weighted by Crippen LogP contribution is -2.25. The summed E-state index contributed by atoms with van der Waals surface area (Å²) in [7, 11) is -1.84. The van der Waals surface area contributed by atoms with E-state index in [2.05, 4.69) is 10.0 Å². The molecule has 1 aromatic rings. The summed E-state index contributed by atoms with van der Waals surface area (Å²) in [5, 5.41) is 3.26. The highest BCUT2D eigenvalue weighted by Gasteiger charge is 2.23. The van der Waals surface area contributed by atoms with Gasteiger partial charge in [0.2, 0.25) is 0 Å². The van der Waals surface area contributed by atoms with Crippen LogP contribution in [-0.4, -0.2) is 27.3 Å². The number of anilines is 1. The quantitative estimate of drug-likeness (QED) is 0.753. The predicted molar refractivity (Wildman–Crippen MR) is 97.9 cm³/mol. The van der Waals surface area contributed by atoms with Crippen LogP contribution in [0.5, 0.6) is 0 Å². The number of benzene rings is 1. The summed E-state index contributed by atoms with van der Waals surface area (Å²) < 4.78 is 27.6. The molecule has 0 bridgehead atoms. The van der Waals surface area contributed by atoms with Crippen LogP contribution in [0.15, 0.2) is 40.8 Å². The van der Waals surface area contributed by atoms with Gasteiger partial charge >= 0.3 is 0 Å². The molecule has 0 saturated carbocycles. The van der Waals surface area contributed by atoms with Crippen molar-refractivity contribution in [2.75, 3.05) is 11.8 Å². The van der Waals surface area contributed by atoms with Gasteiger partial charge in [0.15, 0.2) is 5.78 Å². The first-order valence-electron chi connectivity index (χ1n) is 7.65. The van der Waals surface area contributed by atoms with E-state index in [9.17, 15) is 13.2 Å². The molecule has 1 atom stereocenters. The molecule has 0 fully saturated rings. The minimum atomic E-state index is -3.71. The number of nitrogens with one attached hydrogen (secondary N) is 2. The molecule has 1 aliphatic carbocycles. The van der Waals surface area contributed by atoms with E-state index in [1.165, 1.54) is 6.92 Å². The number of carbonyl (C=O) groups excluding carboxylic acids is 1. The van der Waals surface area contributed by atoms with Gasteiger partial charge in [0.05, 0.1) is 15.6 Å².